The number of methoxy groups -OCH3 is 1. The monoisotopic (exact) mass is 447 g/mol. The summed E-state index contributed by atoms with van der Waals surface area (Å²) in [6.45, 7) is -0.380. The molecule has 0 spiro atoms. The number of thiocarbonyl (C=S) groups is 1. The average molecular weight is 448 g/mol. The van der Waals surface area contributed by atoms with Gasteiger partial charge in [0.2, 0.25) is 0 Å². The first-order chi connectivity index (χ1) is 13.9. The van der Waals surface area contributed by atoms with E-state index in [-0.39, 0.29) is 22.2 Å². The average Bonchev–Trinajstić information content (AvgIpc) is 2.96. The lowest BCUT2D eigenvalue weighted by atomic mass is 10.2. The highest BCUT2D eigenvalue weighted by Crippen LogP contribution is 2.33. The molecular formula is C20H14ClNO5S2. The molecule has 0 aliphatic carbocycles. The highest BCUT2D eigenvalue weighted by atomic mass is 35.5. The zero-order valence-electron chi connectivity index (χ0n) is 15.1. The van der Waals surface area contributed by atoms with Gasteiger partial charge in [0.05, 0.1) is 17.6 Å². The molecule has 0 radical (unpaired) electrons. The van der Waals surface area contributed by atoms with Crippen LogP contribution in [0.25, 0.3) is 6.08 Å². The molecule has 0 atom stereocenters. The minimum atomic E-state index is -0.739. The predicted octanol–water partition coefficient (Wildman–Crippen LogP) is 3.97. The molecule has 9 heteroatoms. The van der Waals surface area contributed by atoms with Gasteiger partial charge in [0.1, 0.15) is 22.4 Å². The van der Waals surface area contributed by atoms with Crippen LogP contribution in [0, 0.1) is 0 Å². The maximum Gasteiger partial charge on any atom is 0.331 e. The van der Waals surface area contributed by atoms with Crippen LogP contribution in [0.2, 0.25) is 5.02 Å². The molecule has 0 aromatic heterocycles. The van der Waals surface area contributed by atoms with Gasteiger partial charge in [0.25, 0.3) is 5.91 Å². The lowest BCUT2D eigenvalue weighted by Crippen LogP contribution is -2.35. The van der Waals surface area contributed by atoms with E-state index < -0.39 is 11.9 Å². The molecule has 6 nitrogen and oxygen atoms in total. The molecule has 1 fully saturated rings. The fraction of sp³-hybridized carbons (Fsp3) is 0.100. The third-order valence-corrected chi connectivity index (χ3v) is 5.51. The number of carbonyl (C=O) groups is 3. The second-order valence-corrected chi connectivity index (χ2v) is 7.93. The molecule has 1 aliphatic rings. The summed E-state index contributed by atoms with van der Waals surface area (Å²) in [5, 5.41) is 0.312. The zero-order valence-corrected chi connectivity index (χ0v) is 17.5. The number of benzene rings is 2. The predicted molar refractivity (Wildman–Crippen MR) is 115 cm³/mol. The topological polar surface area (TPSA) is 72.9 Å². The van der Waals surface area contributed by atoms with Crippen molar-refractivity contribution in [3.63, 3.8) is 0 Å². The summed E-state index contributed by atoms with van der Waals surface area (Å²) in [5.74, 6) is -0.406. The summed E-state index contributed by atoms with van der Waals surface area (Å²) in [5.41, 5.74) is 0.968. The van der Waals surface area contributed by atoms with E-state index in [0.29, 0.717) is 22.0 Å². The lowest BCUT2D eigenvalue weighted by Gasteiger charge is -2.14. The van der Waals surface area contributed by atoms with E-state index in [1.165, 1.54) is 18.2 Å². The molecular weight excluding hydrogens is 434 g/mol. The van der Waals surface area contributed by atoms with Crippen molar-refractivity contribution in [1.82, 2.24) is 4.90 Å². The van der Waals surface area contributed by atoms with Gasteiger partial charge in [-0.05, 0) is 35.9 Å². The zero-order chi connectivity index (χ0) is 21.0. The summed E-state index contributed by atoms with van der Waals surface area (Å²) in [4.78, 5) is 37.6. The molecule has 2 aromatic carbocycles. The van der Waals surface area contributed by atoms with Crippen LogP contribution in [0.4, 0.5) is 0 Å². The Morgan fingerprint density at radius 1 is 1.24 bits per heavy atom. The van der Waals surface area contributed by atoms with Crippen molar-refractivity contribution in [2.24, 2.45) is 0 Å². The number of thioether (sulfide) groups is 1. The van der Waals surface area contributed by atoms with Gasteiger partial charge in [0, 0.05) is 11.1 Å². The van der Waals surface area contributed by atoms with Crippen LogP contribution in [-0.2, 0) is 9.59 Å². The third kappa shape index (κ3) is 5.03. The summed E-state index contributed by atoms with van der Waals surface area (Å²) in [7, 11) is 1.57. The van der Waals surface area contributed by atoms with Gasteiger partial charge in [0.15, 0.2) is 6.29 Å². The van der Waals surface area contributed by atoms with Gasteiger partial charge in [-0.15, -0.1) is 0 Å². The molecule has 0 bridgehead atoms. The SMILES string of the molecule is COc1ccc(C=C2SC(=S)N(CC(=O)Oc3cc(Cl)ccc3C=O)C2=O)cc1. The number of rotatable bonds is 6. The lowest BCUT2D eigenvalue weighted by molar-refractivity contribution is -0.138. The van der Waals surface area contributed by atoms with Gasteiger partial charge < -0.3 is 9.47 Å². The number of aldehydes is 1. The fourth-order valence-corrected chi connectivity index (χ4v) is 3.88. The van der Waals surface area contributed by atoms with Crippen LogP contribution in [0.5, 0.6) is 11.5 Å². The molecule has 0 unspecified atom stereocenters. The van der Waals surface area contributed by atoms with Crippen LogP contribution >= 0.6 is 35.6 Å². The van der Waals surface area contributed by atoms with Crippen LogP contribution in [-0.4, -0.2) is 41.0 Å². The molecule has 2 aromatic rings. The Kier molecular flexibility index (Phi) is 6.68. The Morgan fingerprint density at radius 2 is 1.97 bits per heavy atom. The Morgan fingerprint density at radius 3 is 2.62 bits per heavy atom. The Bertz CT molecular complexity index is 1020. The van der Waals surface area contributed by atoms with E-state index in [0.717, 1.165) is 22.2 Å². The van der Waals surface area contributed by atoms with Crippen LogP contribution < -0.4 is 9.47 Å². The van der Waals surface area contributed by atoms with E-state index in [9.17, 15) is 14.4 Å². The normalized spacial score (nSPS) is 15.0. The number of esters is 1. The second kappa shape index (κ2) is 9.21. The standard InChI is InChI=1S/C20H14ClNO5S2/c1-26-15-6-2-12(3-7-15)8-17-19(25)22(20(28)29-17)10-18(24)27-16-9-14(21)5-4-13(16)11-23/h2-9,11H,10H2,1H3. The fourth-order valence-electron chi connectivity index (χ4n) is 2.47. The Balaban J connectivity index is 1.71. The second-order valence-electron chi connectivity index (χ2n) is 5.82. The first-order valence-corrected chi connectivity index (χ1v) is 9.86. The van der Waals surface area contributed by atoms with Gasteiger partial charge in [-0.25, -0.2) is 4.79 Å². The van der Waals surface area contributed by atoms with Crippen molar-refractivity contribution in [3.05, 3.63) is 63.5 Å². The Labute approximate surface area is 181 Å². The van der Waals surface area contributed by atoms with E-state index in [2.05, 4.69) is 0 Å². The molecule has 148 valence electrons. The van der Waals surface area contributed by atoms with Gasteiger partial charge >= 0.3 is 5.97 Å². The number of hydrogen-bond acceptors (Lipinski definition) is 7. The van der Waals surface area contributed by atoms with Gasteiger partial charge in [-0.1, -0.05) is 47.7 Å². The molecule has 1 heterocycles. The number of ether oxygens (including phenoxy) is 2. The van der Waals surface area contributed by atoms with E-state index in [1.807, 2.05) is 0 Å². The van der Waals surface area contributed by atoms with Crippen molar-refractivity contribution in [2.75, 3.05) is 13.7 Å². The van der Waals surface area contributed by atoms with E-state index in [4.69, 9.17) is 33.3 Å². The maximum absolute atomic E-state index is 12.6. The van der Waals surface area contributed by atoms with E-state index >= 15 is 0 Å². The first kappa shape index (κ1) is 21.0. The molecule has 29 heavy (non-hydrogen) atoms. The van der Waals surface area contributed by atoms with Crippen LogP contribution in [0.15, 0.2) is 47.4 Å². The molecule has 0 saturated carbocycles. The first-order valence-electron chi connectivity index (χ1n) is 8.26. The quantitative estimate of drug-likeness (QED) is 0.218. The van der Waals surface area contributed by atoms with Crippen LogP contribution in [0.1, 0.15) is 15.9 Å². The van der Waals surface area contributed by atoms with Gasteiger partial charge in [-0.3, -0.25) is 14.5 Å². The smallest absolute Gasteiger partial charge is 0.331 e. The van der Waals surface area contributed by atoms with Crippen molar-refractivity contribution >= 4 is 64.1 Å². The van der Waals surface area contributed by atoms with Crippen LogP contribution in [0.3, 0.4) is 0 Å². The van der Waals surface area contributed by atoms with Crippen molar-refractivity contribution in [1.29, 1.82) is 0 Å². The summed E-state index contributed by atoms with van der Waals surface area (Å²) < 4.78 is 10.6. The summed E-state index contributed by atoms with van der Waals surface area (Å²) >= 11 is 12.2. The molecule has 3 rings (SSSR count). The third-order valence-electron chi connectivity index (χ3n) is 3.90. The molecule has 1 amide bonds. The highest BCUT2D eigenvalue weighted by Gasteiger charge is 2.34. The van der Waals surface area contributed by atoms with E-state index in [1.54, 1.807) is 37.5 Å². The number of halogens is 1. The summed E-state index contributed by atoms with van der Waals surface area (Å²) in [6.07, 6.45) is 2.24. The summed E-state index contributed by atoms with van der Waals surface area (Å²) in [6, 6.07) is 11.5. The van der Waals surface area contributed by atoms with Crippen molar-refractivity contribution < 1.29 is 23.9 Å². The largest absolute Gasteiger partial charge is 0.497 e. The number of hydrogen-bond donors (Lipinski definition) is 0. The van der Waals surface area contributed by atoms with Gasteiger partial charge in [-0.2, -0.15) is 0 Å². The van der Waals surface area contributed by atoms with Crippen molar-refractivity contribution in [2.45, 2.75) is 0 Å². The molecule has 0 N–H and O–H groups in total. The maximum atomic E-state index is 12.6. The number of carbonyl (C=O) groups excluding carboxylic acids is 3. The molecule has 1 saturated heterocycles. The van der Waals surface area contributed by atoms with Crippen molar-refractivity contribution in [3.8, 4) is 11.5 Å². The Hall–Kier alpha value is -2.68. The minimum absolute atomic E-state index is 0.0247. The highest BCUT2D eigenvalue weighted by molar-refractivity contribution is 8.26. The molecule has 1 aliphatic heterocycles. The number of nitrogens with zero attached hydrogens (tertiary/aromatic N) is 1. The minimum Gasteiger partial charge on any atom is -0.497 e. The number of amides is 1.